The Labute approximate surface area is 360 Å². The maximum absolute atomic E-state index is 6.38. The Hall–Kier alpha value is -2.77. The van der Waals surface area contributed by atoms with Gasteiger partial charge in [0, 0.05) is 0 Å². The molecule has 2 aliphatic rings. The molecule has 0 heterocycles. The van der Waals surface area contributed by atoms with Crippen LogP contribution < -0.4 is 0 Å². The molecule has 0 unspecified atom stereocenters. The van der Waals surface area contributed by atoms with E-state index >= 15 is 0 Å². The van der Waals surface area contributed by atoms with Crippen LogP contribution in [0, 0.1) is 26.0 Å². The predicted octanol–water partition coefficient (Wildman–Crippen LogP) is 14.8. The van der Waals surface area contributed by atoms with E-state index in [4.69, 9.17) is 23.2 Å². The number of halogens is 4. The molecule has 0 atom stereocenters. The van der Waals surface area contributed by atoms with Crippen LogP contribution in [0.2, 0.25) is 10.0 Å². The number of fused-ring (bicyclic) bond motifs is 5. The van der Waals surface area contributed by atoms with Gasteiger partial charge < -0.3 is 0 Å². The van der Waals surface area contributed by atoms with Crippen molar-refractivity contribution in [2.75, 3.05) is 0 Å². The summed E-state index contributed by atoms with van der Waals surface area (Å²) < 4.78 is 1.26. The molecule has 0 aliphatic heterocycles. The summed E-state index contributed by atoms with van der Waals surface area (Å²) >= 11 is 14.1. The van der Waals surface area contributed by atoms with E-state index in [1.165, 1.54) is 93.8 Å². The van der Waals surface area contributed by atoms with Crippen molar-refractivity contribution in [1.29, 1.82) is 0 Å². The third-order valence-electron chi connectivity index (χ3n) is 9.86. The summed E-state index contributed by atoms with van der Waals surface area (Å²) in [6, 6.07) is 35.8. The molecule has 6 aromatic rings. The predicted molar refractivity (Wildman–Crippen MR) is 238 cm³/mol. The van der Waals surface area contributed by atoms with Crippen LogP contribution in [-0.2, 0) is 41.5 Å². The molecular formula is C49H48Cl4Zr. The summed E-state index contributed by atoms with van der Waals surface area (Å²) in [4.78, 5) is 0. The first-order valence-electron chi connectivity index (χ1n) is 18.0. The molecule has 5 heteroatoms. The normalized spacial score (nSPS) is 12.5. The van der Waals surface area contributed by atoms with E-state index in [-0.39, 0.29) is 35.6 Å². The summed E-state index contributed by atoms with van der Waals surface area (Å²) in [5.41, 5.74) is 14.0. The Morgan fingerprint density at radius 1 is 0.667 bits per heavy atom. The zero-order valence-electron chi connectivity index (χ0n) is 32.4. The molecule has 54 heavy (non-hydrogen) atoms. The monoisotopic (exact) mass is 866 g/mol. The Balaban J connectivity index is 0.000000206. The molecule has 0 saturated carbocycles. The minimum absolute atomic E-state index is 0. The SMILES string of the molecule is Cc1[c-]c2c(cc1C(C)(C)C)-c1cc(C(C)(C)C)c(C)cc1C2.Cl.Cl.Clc1cc([C](=[Zr+2])c2cc(Cl)cc3ccccc23)c2ccccc2c1.[C-]1=CC=CC1. The van der Waals surface area contributed by atoms with Gasteiger partial charge in [-0.05, 0) is 35.4 Å². The van der Waals surface area contributed by atoms with Crippen molar-refractivity contribution in [3.05, 3.63) is 176 Å². The summed E-state index contributed by atoms with van der Waals surface area (Å²) in [5, 5.41) is 6.28. The molecule has 0 N–H and O–H groups in total. The van der Waals surface area contributed by atoms with Gasteiger partial charge in [-0.15, -0.1) is 47.9 Å². The van der Waals surface area contributed by atoms with Crippen molar-refractivity contribution in [2.45, 2.75) is 79.1 Å². The van der Waals surface area contributed by atoms with Crippen molar-refractivity contribution in [1.82, 2.24) is 0 Å². The van der Waals surface area contributed by atoms with E-state index in [1.807, 2.05) is 36.4 Å². The van der Waals surface area contributed by atoms with Crippen LogP contribution in [0.15, 0.2) is 109 Å². The summed E-state index contributed by atoms with van der Waals surface area (Å²) in [7, 11) is 0. The van der Waals surface area contributed by atoms with E-state index in [0.717, 1.165) is 33.7 Å². The quantitative estimate of drug-likeness (QED) is 0.152. The summed E-state index contributed by atoms with van der Waals surface area (Å²) in [5.74, 6) is 0. The van der Waals surface area contributed by atoms with Crippen LogP contribution in [0.3, 0.4) is 0 Å². The molecular weight excluding hydrogens is 822 g/mol. The second-order valence-corrected chi connectivity index (χ2v) is 18.0. The number of rotatable bonds is 2. The number of hydrogen-bond acceptors (Lipinski definition) is 0. The smallest absolute Gasteiger partial charge is 0.109 e. The largest absolute Gasteiger partial charge is 0.273 e. The van der Waals surface area contributed by atoms with Gasteiger partial charge in [-0.2, -0.15) is 23.8 Å². The van der Waals surface area contributed by atoms with Gasteiger partial charge in [-0.1, -0.05) is 71.6 Å². The van der Waals surface area contributed by atoms with Crippen LogP contribution in [0.1, 0.15) is 92.5 Å². The van der Waals surface area contributed by atoms with E-state index < -0.39 is 0 Å². The van der Waals surface area contributed by atoms with E-state index in [9.17, 15) is 0 Å². The summed E-state index contributed by atoms with van der Waals surface area (Å²) in [6.45, 7) is 18.2. The molecule has 0 aromatic heterocycles. The first-order valence-corrected chi connectivity index (χ1v) is 20.0. The average Bonchev–Trinajstić information content (AvgIpc) is 3.77. The van der Waals surface area contributed by atoms with Gasteiger partial charge in [0.25, 0.3) is 0 Å². The fraction of sp³-hybridized carbons (Fsp3) is 0.245. The van der Waals surface area contributed by atoms with Crippen LogP contribution in [-0.4, -0.2) is 3.21 Å². The third-order valence-corrected chi connectivity index (χ3v) is 11.6. The van der Waals surface area contributed by atoms with Crippen molar-refractivity contribution >= 4 is 72.8 Å². The van der Waals surface area contributed by atoms with E-state index in [0.29, 0.717) is 0 Å². The van der Waals surface area contributed by atoms with Gasteiger partial charge in [0.05, 0.1) is 0 Å². The molecule has 0 radical (unpaired) electrons. The molecule has 8 rings (SSSR count). The van der Waals surface area contributed by atoms with Gasteiger partial charge in [0.15, 0.2) is 0 Å². The first kappa shape index (κ1) is 44.0. The molecule has 0 fully saturated rings. The number of allylic oxidation sites excluding steroid dienone is 4. The Bertz CT molecular complexity index is 2220. The van der Waals surface area contributed by atoms with Gasteiger partial charge in [0.2, 0.25) is 0 Å². The number of aryl methyl sites for hydroxylation is 2. The van der Waals surface area contributed by atoms with Gasteiger partial charge in [0.1, 0.15) is 0 Å². The third kappa shape index (κ3) is 9.78. The molecule has 276 valence electrons. The Morgan fingerprint density at radius 3 is 1.65 bits per heavy atom. The first-order chi connectivity index (χ1) is 24.6. The minimum atomic E-state index is 0. The van der Waals surface area contributed by atoms with Crippen molar-refractivity contribution in [3.63, 3.8) is 0 Å². The van der Waals surface area contributed by atoms with Crippen LogP contribution in [0.5, 0.6) is 0 Å². The van der Waals surface area contributed by atoms with Crippen LogP contribution in [0.4, 0.5) is 0 Å². The second-order valence-electron chi connectivity index (χ2n) is 15.9. The average molecular weight is 870 g/mol. The van der Waals surface area contributed by atoms with E-state index in [2.05, 4.69) is 140 Å². The standard InChI is InChI=1S/C23H29.C21H12Cl2.C5H5.2ClH.Zr/c1-14-9-16-11-17-10-15(2)21(23(6,7)8)13-19(17)18(16)12-20(14)22(3,4)5;22-18-10-14-5-1-3-7-20(14)16(12-18)9-17-13-19(23)11-15-6-2-4-8-21(15)17;1-2-4-5-3-1;;;/h9,12-13H,11H2,1-8H3;1-8,10-13H;1-3H,4H2;2*1H;/q-1;;-1;;;+2. The molecule has 6 aromatic carbocycles. The Kier molecular flexibility index (Phi) is 14.7. The maximum Gasteiger partial charge on any atom is -0.109 e. The van der Waals surface area contributed by atoms with E-state index in [1.54, 1.807) is 0 Å². The van der Waals surface area contributed by atoms with Crippen molar-refractivity contribution in [2.24, 2.45) is 0 Å². The van der Waals surface area contributed by atoms with Gasteiger partial charge in [-0.25, -0.2) is 12.2 Å². The zero-order valence-corrected chi connectivity index (χ0v) is 38.0. The molecule has 0 spiro atoms. The molecule has 0 amide bonds. The zero-order chi connectivity index (χ0) is 37.4. The number of hydrogen-bond donors (Lipinski definition) is 0. The molecule has 0 nitrogen and oxygen atoms in total. The minimum Gasteiger partial charge on any atom is -0.273 e. The fourth-order valence-electron chi connectivity index (χ4n) is 7.47. The van der Waals surface area contributed by atoms with Crippen LogP contribution in [0.25, 0.3) is 32.7 Å². The molecule has 0 saturated heterocycles. The fourth-order valence-corrected chi connectivity index (χ4v) is 8.94. The second kappa shape index (κ2) is 18.0. The van der Waals surface area contributed by atoms with Gasteiger partial charge in [-0.3, -0.25) is 6.08 Å². The van der Waals surface area contributed by atoms with Crippen molar-refractivity contribution in [3.8, 4) is 11.1 Å². The van der Waals surface area contributed by atoms with Crippen LogP contribution >= 0.6 is 48.0 Å². The van der Waals surface area contributed by atoms with Crippen molar-refractivity contribution < 1.29 is 24.2 Å². The van der Waals surface area contributed by atoms with Gasteiger partial charge >= 0.3 is 166 Å². The Morgan fingerprint density at radius 2 is 1.19 bits per heavy atom. The topological polar surface area (TPSA) is 0 Å². The molecule has 2 aliphatic carbocycles. The molecule has 0 bridgehead atoms. The number of benzene rings is 6. The maximum atomic E-state index is 6.38. The summed E-state index contributed by atoms with van der Waals surface area (Å²) in [6.07, 6.45) is 11.0.